The average Bonchev–Trinajstić information content (AvgIpc) is 3.02. The van der Waals surface area contributed by atoms with E-state index >= 15 is 0 Å². The molecule has 0 aliphatic heterocycles. The monoisotopic (exact) mass is 337 g/mol. The Kier molecular flexibility index (Phi) is 4.63. The molecule has 0 radical (unpaired) electrons. The van der Waals surface area contributed by atoms with Crippen molar-refractivity contribution >= 4 is 17.5 Å². The molecule has 2 unspecified atom stereocenters. The van der Waals surface area contributed by atoms with E-state index in [9.17, 15) is 14.3 Å². The van der Waals surface area contributed by atoms with Crippen LogP contribution in [-0.4, -0.2) is 33.4 Å². The van der Waals surface area contributed by atoms with Gasteiger partial charge in [0.1, 0.15) is 5.82 Å². The molecule has 1 aliphatic carbocycles. The van der Waals surface area contributed by atoms with Crippen LogP contribution >= 0.6 is 11.6 Å². The van der Waals surface area contributed by atoms with Gasteiger partial charge in [0.15, 0.2) is 0 Å². The number of benzene rings is 1. The van der Waals surface area contributed by atoms with Crippen LogP contribution in [0, 0.1) is 5.82 Å². The van der Waals surface area contributed by atoms with Crippen molar-refractivity contribution in [1.29, 1.82) is 0 Å². The molecule has 3 N–H and O–H groups in total. The van der Waals surface area contributed by atoms with Crippen molar-refractivity contribution in [3.8, 4) is 11.3 Å². The Hall–Kier alpha value is -1.92. The first-order valence-corrected chi connectivity index (χ1v) is 7.92. The lowest BCUT2D eigenvalue weighted by Crippen LogP contribution is -2.45. The van der Waals surface area contributed by atoms with Gasteiger partial charge in [-0.25, -0.2) is 4.39 Å². The summed E-state index contributed by atoms with van der Waals surface area (Å²) >= 11 is 5.79. The Morgan fingerprint density at radius 3 is 2.91 bits per heavy atom. The van der Waals surface area contributed by atoms with Gasteiger partial charge >= 0.3 is 0 Å². The Morgan fingerprint density at radius 1 is 1.39 bits per heavy atom. The van der Waals surface area contributed by atoms with Gasteiger partial charge in [-0.3, -0.25) is 9.89 Å². The fourth-order valence-corrected chi connectivity index (χ4v) is 3.04. The van der Waals surface area contributed by atoms with Crippen LogP contribution in [0.5, 0.6) is 0 Å². The van der Waals surface area contributed by atoms with Crippen molar-refractivity contribution in [3.63, 3.8) is 0 Å². The molecule has 1 fully saturated rings. The summed E-state index contributed by atoms with van der Waals surface area (Å²) in [6.07, 6.45) is 4.28. The predicted molar refractivity (Wildman–Crippen MR) is 84.7 cm³/mol. The van der Waals surface area contributed by atoms with E-state index in [2.05, 4.69) is 15.5 Å². The number of rotatable bonds is 3. The highest BCUT2D eigenvalue weighted by Crippen LogP contribution is 2.26. The first-order chi connectivity index (χ1) is 11.1. The molecule has 122 valence electrons. The van der Waals surface area contributed by atoms with E-state index < -0.39 is 11.9 Å². The fraction of sp³-hybridized carbons (Fsp3) is 0.375. The number of aromatic amines is 1. The lowest BCUT2D eigenvalue weighted by molar-refractivity contribution is 0.0718. The van der Waals surface area contributed by atoms with Gasteiger partial charge in [0, 0.05) is 5.56 Å². The van der Waals surface area contributed by atoms with E-state index in [0.717, 1.165) is 19.3 Å². The molecule has 2 atom stereocenters. The van der Waals surface area contributed by atoms with Crippen LogP contribution in [0.2, 0.25) is 5.02 Å². The molecule has 0 bridgehead atoms. The molecule has 2 aromatic rings. The summed E-state index contributed by atoms with van der Waals surface area (Å²) in [6.45, 7) is 0. The van der Waals surface area contributed by atoms with Crippen LogP contribution < -0.4 is 5.32 Å². The van der Waals surface area contributed by atoms with E-state index in [0.29, 0.717) is 23.2 Å². The van der Waals surface area contributed by atoms with Gasteiger partial charge in [-0.15, -0.1) is 0 Å². The number of halogens is 2. The molecule has 5 nitrogen and oxygen atoms in total. The molecule has 1 heterocycles. The summed E-state index contributed by atoms with van der Waals surface area (Å²) in [5.74, 6) is -0.841. The maximum absolute atomic E-state index is 13.3. The summed E-state index contributed by atoms with van der Waals surface area (Å²) in [5, 5.41) is 19.4. The minimum atomic E-state index is -0.525. The van der Waals surface area contributed by atoms with Crippen LogP contribution in [0.1, 0.15) is 36.0 Å². The zero-order valence-electron chi connectivity index (χ0n) is 12.4. The molecule has 7 heteroatoms. The quantitative estimate of drug-likeness (QED) is 0.805. The summed E-state index contributed by atoms with van der Waals surface area (Å²) in [4.78, 5) is 12.5. The van der Waals surface area contributed by atoms with Crippen molar-refractivity contribution in [3.05, 3.63) is 40.8 Å². The molecule has 1 aromatic heterocycles. The standard InChI is InChI=1S/C16H17ClFN3O2/c17-11-7-9(5-6-12(11)18)15-10(8-19-21-15)16(23)20-13-3-1-2-4-14(13)22/h5-8,13-14,22H,1-4H2,(H,19,21)(H,20,23). The lowest BCUT2D eigenvalue weighted by Gasteiger charge is -2.28. The van der Waals surface area contributed by atoms with Crippen LogP contribution in [0.15, 0.2) is 24.4 Å². The van der Waals surface area contributed by atoms with Gasteiger partial charge in [-0.1, -0.05) is 24.4 Å². The van der Waals surface area contributed by atoms with Crippen LogP contribution in [0.25, 0.3) is 11.3 Å². The van der Waals surface area contributed by atoms with Gasteiger partial charge in [0.25, 0.3) is 5.91 Å². The number of aliphatic hydroxyl groups is 1. The summed E-state index contributed by atoms with van der Waals surface area (Å²) in [7, 11) is 0. The molecule has 23 heavy (non-hydrogen) atoms. The van der Waals surface area contributed by atoms with E-state index in [4.69, 9.17) is 11.6 Å². The zero-order chi connectivity index (χ0) is 16.4. The summed E-state index contributed by atoms with van der Waals surface area (Å²) in [5.41, 5.74) is 1.38. The van der Waals surface area contributed by atoms with Gasteiger partial charge in [-0.05, 0) is 31.0 Å². The summed E-state index contributed by atoms with van der Waals surface area (Å²) < 4.78 is 13.3. The highest BCUT2D eigenvalue weighted by molar-refractivity contribution is 6.31. The second-order valence-electron chi connectivity index (χ2n) is 5.72. The number of carbonyl (C=O) groups excluding carboxylic acids is 1. The van der Waals surface area contributed by atoms with Gasteiger partial charge in [0.2, 0.25) is 0 Å². The molecule has 1 amide bonds. The van der Waals surface area contributed by atoms with Gasteiger partial charge in [-0.2, -0.15) is 5.10 Å². The lowest BCUT2D eigenvalue weighted by atomic mass is 9.92. The van der Waals surface area contributed by atoms with Crippen LogP contribution in [-0.2, 0) is 0 Å². The minimum absolute atomic E-state index is 0.0221. The molecular formula is C16H17ClFN3O2. The number of hydrogen-bond donors (Lipinski definition) is 3. The third-order valence-corrected chi connectivity index (χ3v) is 4.43. The number of aromatic nitrogens is 2. The average molecular weight is 338 g/mol. The third-order valence-electron chi connectivity index (χ3n) is 4.14. The number of aliphatic hydroxyl groups excluding tert-OH is 1. The van der Waals surface area contributed by atoms with Crippen LogP contribution in [0.3, 0.4) is 0 Å². The molecule has 0 spiro atoms. The number of H-pyrrole nitrogens is 1. The van der Waals surface area contributed by atoms with Crippen molar-refractivity contribution in [2.24, 2.45) is 0 Å². The summed E-state index contributed by atoms with van der Waals surface area (Å²) in [6, 6.07) is 3.96. The topological polar surface area (TPSA) is 78.0 Å². The van der Waals surface area contributed by atoms with Crippen molar-refractivity contribution in [2.45, 2.75) is 37.8 Å². The van der Waals surface area contributed by atoms with E-state index in [1.165, 1.54) is 24.4 Å². The molecule has 0 saturated heterocycles. The number of carbonyl (C=O) groups is 1. The number of nitrogens with one attached hydrogen (secondary N) is 2. The highest BCUT2D eigenvalue weighted by Gasteiger charge is 2.26. The van der Waals surface area contributed by atoms with E-state index in [-0.39, 0.29) is 17.0 Å². The van der Waals surface area contributed by atoms with Crippen molar-refractivity contribution < 1.29 is 14.3 Å². The first kappa shape index (κ1) is 16.0. The zero-order valence-corrected chi connectivity index (χ0v) is 13.1. The normalized spacial score (nSPS) is 21.2. The SMILES string of the molecule is O=C(NC1CCCCC1O)c1cn[nH]c1-c1ccc(F)c(Cl)c1. The number of hydrogen-bond acceptors (Lipinski definition) is 3. The number of amides is 1. The number of nitrogens with zero attached hydrogens (tertiary/aromatic N) is 1. The Morgan fingerprint density at radius 2 is 2.17 bits per heavy atom. The molecule has 1 aliphatic rings. The van der Waals surface area contributed by atoms with E-state index in [1.54, 1.807) is 0 Å². The second-order valence-corrected chi connectivity index (χ2v) is 6.13. The Balaban J connectivity index is 1.82. The van der Waals surface area contributed by atoms with Crippen molar-refractivity contribution in [1.82, 2.24) is 15.5 Å². The van der Waals surface area contributed by atoms with E-state index in [1.807, 2.05) is 0 Å². The maximum atomic E-state index is 13.3. The molecule has 1 saturated carbocycles. The molecule has 1 aromatic carbocycles. The predicted octanol–water partition coefficient (Wildman–Crippen LogP) is 2.90. The van der Waals surface area contributed by atoms with Crippen LogP contribution in [0.4, 0.5) is 4.39 Å². The van der Waals surface area contributed by atoms with Gasteiger partial charge in [0.05, 0.1) is 34.6 Å². The fourth-order valence-electron chi connectivity index (χ4n) is 2.86. The largest absolute Gasteiger partial charge is 0.391 e. The highest BCUT2D eigenvalue weighted by atomic mass is 35.5. The molecule has 3 rings (SSSR count). The Labute approximate surface area is 137 Å². The second kappa shape index (κ2) is 6.68. The minimum Gasteiger partial charge on any atom is -0.391 e. The maximum Gasteiger partial charge on any atom is 0.255 e. The van der Waals surface area contributed by atoms with Crippen molar-refractivity contribution in [2.75, 3.05) is 0 Å². The smallest absolute Gasteiger partial charge is 0.255 e. The molecular weight excluding hydrogens is 321 g/mol. The Bertz CT molecular complexity index is 719. The first-order valence-electron chi connectivity index (χ1n) is 7.54. The third kappa shape index (κ3) is 3.38. The van der Waals surface area contributed by atoms with Gasteiger partial charge < -0.3 is 10.4 Å².